The van der Waals surface area contributed by atoms with Crippen LogP contribution in [0.2, 0.25) is 0 Å². The van der Waals surface area contributed by atoms with E-state index in [-0.39, 0.29) is 18.0 Å². The number of hydrazone groups is 1. The molecule has 0 spiro atoms. The highest BCUT2D eigenvalue weighted by molar-refractivity contribution is 6.01. The lowest BCUT2D eigenvalue weighted by atomic mass is 9.95. The predicted octanol–water partition coefficient (Wildman–Crippen LogP) is 4.50. The summed E-state index contributed by atoms with van der Waals surface area (Å²) in [6, 6.07) is 0.0719. The molecule has 1 aliphatic heterocycles. The van der Waals surface area contributed by atoms with Crippen molar-refractivity contribution in [2.75, 3.05) is 0 Å². The van der Waals surface area contributed by atoms with E-state index in [0.29, 0.717) is 17.8 Å². The second-order valence-corrected chi connectivity index (χ2v) is 8.40. The molecular weight excluding hydrogens is 402 g/mol. The van der Waals surface area contributed by atoms with Gasteiger partial charge in [-0.1, -0.05) is 62.8 Å². The average Bonchev–Trinajstić information content (AvgIpc) is 3.05. The van der Waals surface area contributed by atoms with E-state index in [2.05, 4.69) is 18.5 Å². The van der Waals surface area contributed by atoms with Crippen molar-refractivity contribution in [2.24, 2.45) is 5.10 Å². The van der Waals surface area contributed by atoms with Gasteiger partial charge in [0.2, 0.25) is 6.23 Å². The number of carbonyl (C=O) groups excluding carboxylic acids is 2. The van der Waals surface area contributed by atoms with Crippen molar-refractivity contribution in [3.05, 3.63) is 72.1 Å². The lowest BCUT2D eigenvalue weighted by Gasteiger charge is -2.38. The molecule has 0 aromatic carbocycles. The molecule has 1 heterocycles. The molecule has 6 heteroatoms. The summed E-state index contributed by atoms with van der Waals surface area (Å²) in [6.07, 6.45) is 17.3. The van der Waals surface area contributed by atoms with Crippen molar-refractivity contribution in [1.82, 2.24) is 10.3 Å². The maximum atomic E-state index is 12.7. The highest BCUT2D eigenvalue weighted by Crippen LogP contribution is 2.29. The Kier molecular flexibility index (Phi) is 8.03. The van der Waals surface area contributed by atoms with Crippen molar-refractivity contribution < 1.29 is 14.3 Å². The third kappa shape index (κ3) is 5.55. The first-order valence-corrected chi connectivity index (χ1v) is 11.3. The molecule has 1 N–H and O–H groups in total. The number of ether oxygens (including phenoxy) is 1. The summed E-state index contributed by atoms with van der Waals surface area (Å²) in [5.74, 6) is 0.420. The number of nitrogens with one attached hydrogen (secondary N) is 1. The average molecular weight is 436 g/mol. The highest BCUT2D eigenvalue weighted by atomic mass is 16.5. The summed E-state index contributed by atoms with van der Waals surface area (Å²) in [7, 11) is 0. The van der Waals surface area contributed by atoms with Crippen molar-refractivity contribution in [3.8, 4) is 0 Å². The molecular formula is C26H33N3O3. The standard InChI is InChI=1S/C26H33N3O3/c1-5-10-24-19(3)29(25(17-30)32-20(24)4)28-18(2)21-11-9-12-22(16-15-21)26(31)27-23-13-7-6-8-14-23/h5,9-10,12,15-17,19,23,25H,1,4,6-8,11,13-14H2,2-3H3,(H,27,31)/b24-10-,28-18+. The smallest absolute Gasteiger partial charge is 0.251 e. The summed E-state index contributed by atoms with van der Waals surface area (Å²) >= 11 is 0. The van der Waals surface area contributed by atoms with Crippen molar-refractivity contribution in [3.63, 3.8) is 0 Å². The van der Waals surface area contributed by atoms with Crippen LogP contribution in [0.25, 0.3) is 0 Å². The van der Waals surface area contributed by atoms with Gasteiger partial charge in [-0.25, -0.2) is 5.01 Å². The molecule has 2 unspecified atom stereocenters. The number of aldehydes is 1. The van der Waals surface area contributed by atoms with E-state index in [1.807, 2.05) is 44.2 Å². The number of nitrogens with zero attached hydrogens (tertiary/aromatic N) is 2. The molecule has 1 amide bonds. The summed E-state index contributed by atoms with van der Waals surface area (Å²) in [5.41, 5.74) is 3.20. The Morgan fingerprint density at radius 3 is 2.72 bits per heavy atom. The van der Waals surface area contributed by atoms with Crippen LogP contribution in [0.5, 0.6) is 0 Å². The summed E-state index contributed by atoms with van der Waals surface area (Å²) in [5, 5.41) is 9.51. The van der Waals surface area contributed by atoms with E-state index in [9.17, 15) is 9.59 Å². The zero-order chi connectivity index (χ0) is 23.1. The van der Waals surface area contributed by atoms with E-state index in [1.165, 1.54) is 19.3 Å². The molecule has 0 bridgehead atoms. The van der Waals surface area contributed by atoms with Crippen molar-refractivity contribution in [1.29, 1.82) is 0 Å². The van der Waals surface area contributed by atoms with Crippen LogP contribution < -0.4 is 5.32 Å². The van der Waals surface area contributed by atoms with Gasteiger partial charge < -0.3 is 10.1 Å². The molecule has 1 saturated carbocycles. The molecule has 1 saturated heterocycles. The van der Waals surface area contributed by atoms with Gasteiger partial charge in [-0.15, -0.1) is 0 Å². The van der Waals surface area contributed by atoms with Gasteiger partial charge in [-0.3, -0.25) is 9.59 Å². The molecule has 170 valence electrons. The van der Waals surface area contributed by atoms with E-state index in [4.69, 9.17) is 9.84 Å². The maximum absolute atomic E-state index is 12.7. The first-order chi connectivity index (χ1) is 15.4. The third-order valence-electron chi connectivity index (χ3n) is 6.14. The fourth-order valence-corrected chi connectivity index (χ4v) is 4.26. The zero-order valence-electron chi connectivity index (χ0n) is 19.0. The molecule has 6 nitrogen and oxygen atoms in total. The molecule has 0 radical (unpaired) electrons. The normalized spacial score (nSPS) is 26.1. The number of hydrogen-bond donors (Lipinski definition) is 1. The van der Waals surface area contributed by atoms with Gasteiger partial charge in [0.15, 0.2) is 6.29 Å². The fraction of sp³-hybridized carbons (Fsp3) is 0.423. The fourth-order valence-electron chi connectivity index (χ4n) is 4.26. The van der Waals surface area contributed by atoms with Crippen LogP contribution in [0.4, 0.5) is 0 Å². The van der Waals surface area contributed by atoms with Gasteiger partial charge in [0, 0.05) is 17.2 Å². The molecule has 2 atom stereocenters. The largest absolute Gasteiger partial charge is 0.462 e. The molecule has 32 heavy (non-hydrogen) atoms. The zero-order valence-corrected chi connectivity index (χ0v) is 19.0. The van der Waals surface area contributed by atoms with Crippen molar-refractivity contribution >= 4 is 17.9 Å². The first-order valence-electron chi connectivity index (χ1n) is 11.3. The first kappa shape index (κ1) is 23.5. The molecule has 3 aliphatic rings. The summed E-state index contributed by atoms with van der Waals surface area (Å²) in [6.45, 7) is 11.5. The van der Waals surface area contributed by atoms with Crippen LogP contribution in [0, 0.1) is 0 Å². The van der Waals surface area contributed by atoms with Crippen LogP contribution in [0.3, 0.4) is 0 Å². The van der Waals surface area contributed by atoms with Gasteiger partial charge in [-0.2, -0.15) is 5.10 Å². The van der Waals surface area contributed by atoms with Gasteiger partial charge >= 0.3 is 0 Å². The Morgan fingerprint density at radius 2 is 2.03 bits per heavy atom. The molecule has 3 rings (SSSR count). The second-order valence-electron chi connectivity index (χ2n) is 8.40. The van der Waals surface area contributed by atoms with E-state index in [1.54, 1.807) is 11.1 Å². The predicted molar refractivity (Wildman–Crippen MR) is 128 cm³/mol. The Hall–Kier alpha value is -3.15. The number of hydrogen-bond acceptors (Lipinski definition) is 5. The molecule has 0 aromatic heterocycles. The van der Waals surface area contributed by atoms with E-state index >= 15 is 0 Å². The minimum absolute atomic E-state index is 0.0305. The molecule has 2 fully saturated rings. The van der Waals surface area contributed by atoms with Crippen LogP contribution in [0.1, 0.15) is 52.4 Å². The summed E-state index contributed by atoms with van der Waals surface area (Å²) < 4.78 is 5.66. The Balaban J connectivity index is 1.77. The monoisotopic (exact) mass is 435 g/mol. The minimum Gasteiger partial charge on any atom is -0.462 e. The Morgan fingerprint density at radius 1 is 1.28 bits per heavy atom. The molecule has 2 aliphatic carbocycles. The van der Waals surface area contributed by atoms with Gasteiger partial charge in [-0.05, 0) is 44.8 Å². The van der Waals surface area contributed by atoms with Gasteiger partial charge in [0.05, 0.1) is 11.8 Å². The minimum atomic E-state index is -0.844. The quantitative estimate of drug-likeness (QED) is 0.493. The summed E-state index contributed by atoms with van der Waals surface area (Å²) in [4.78, 5) is 24.3. The third-order valence-corrected chi connectivity index (χ3v) is 6.14. The number of rotatable bonds is 6. The topological polar surface area (TPSA) is 71.0 Å². The Bertz CT molecular complexity index is 917. The maximum Gasteiger partial charge on any atom is 0.251 e. The number of amides is 1. The van der Waals surface area contributed by atoms with E-state index in [0.717, 1.165) is 36.0 Å². The van der Waals surface area contributed by atoms with Gasteiger partial charge in [0.25, 0.3) is 5.91 Å². The van der Waals surface area contributed by atoms with Crippen LogP contribution in [0.15, 0.2) is 77.2 Å². The lowest BCUT2D eigenvalue weighted by molar-refractivity contribution is -0.131. The van der Waals surface area contributed by atoms with Crippen LogP contribution in [-0.4, -0.2) is 41.2 Å². The SMILES string of the molecule is C=C/C=C1\C(=C)OC(C=O)N(/N=C(\C)C2=CC=C(C(=O)NC3CCCCC3)C=CC2)C1C. The number of allylic oxidation sites excluding steroid dienone is 6. The van der Waals surface area contributed by atoms with Gasteiger partial charge in [0.1, 0.15) is 5.76 Å². The van der Waals surface area contributed by atoms with Crippen LogP contribution in [-0.2, 0) is 14.3 Å². The highest BCUT2D eigenvalue weighted by Gasteiger charge is 2.33. The molecule has 0 aromatic rings. The second kappa shape index (κ2) is 10.9. The Labute approximate surface area is 190 Å². The van der Waals surface area contributed by atoms with Crippen LogP contribution >= 0.6 is 0 Å². The van der Waals surface area contributed by atoms with Crippen molar-refractivity contribution in [2.45, 2.75) is 70.7 Å². The number of carbonyl (C=O) groups is 2. The van der Waals surface area contributed by atoms with E-state index < -0.39 is 6.23 Å². The lowest BCUT2D eigenvalue weighted by Crippen LogP contribution is -2.46.